The van der Waals surface area contributed by atoms with Gasteiger partial charge in [-0.15, -0.1) is 5.10 Å². The molecule has 0 fully saturated rings. The van der Waals surface area contributed by atoms with Gasteiger partial charge < -0.3 is 0 Å². The number of hydrogen-bond acceptors (Lipinski definition) is 6. The second-order valence-corrected chi connectivity index (χ2v) is 8.64. The Morgan fingerprint density at radius 2 is 1.97 bits per heavy atom. The first-order valence-electron chi connectivity index (χ1n) is 9.37. The molecule has 2 aliphatic heterocycles. The number of benzene rings is 2. The van der Waals surface area contributed by atoms with Gasteiger partial charge in [0.1, 0.15) is 5.70 Å². The number of para-hydroxylation sites is 1. The summed E-state index contributed by atoms with van der Waals surface area (Å²) < 4.78 is 0.886. The Morgan fingerprint density at radius 1 is 1.21 bits per heavy atom. The van der Waals surface area contributed by atoms with Crippen LogP contribution >= 0.6 is 27.7 Å². The minimum absolute atomic E-state index is 0.208. The third kappa shape index (κ3) is 4.00. The van der Waals surface area contributed by atoms with Gasteiger partial charge >= 0.3 is 0 Å². The molecule has 2 aliphatic rings. The van der Waals surface area contributed by atoms with Crippen LogP contribution in [0.2, 0.25) is 0 Å². The highest BCUT2D eigenvalue weighted by atomic mass is 79.9. The molecule has 0 saturated heterocycles. The molecule has 1 atom stereocenters. The van der Waals surface area contributed by atoms with E-state index < -0.39 is 6.17 Å². The van der Waals surface area contributed by atoms with Gasteiger partial charge in [-0.3, -0.25) is 14.9 Å². The molecule has 2 heterocycles. The SMILES string of the molecule is CCCCSC1=NN2C(=c3ccccc3=NC2C(=O)c2ccc(Br)cc2)C(=O)N1. The summed E-state index contributed by atoms with van der Waals surface area (Å²) >= 11 is 4.86. The van der Waals surface area contributed by atoms with E-state index in [1.807, 2.05) is 36.4 Å². The van der Waals surface area contributed by atoms with Crippen LogP contribution in [0, 0.1) is 0 Å². The van der Waals surface area contributed by atoms with Gasteiger partial charge in [-0.1, -0.05) is 71.4 Å². The molecular weight excluding hydrogens is 452 g/mol. The summed E-state index contributed by atoms with van der Waals surface area (Å²) in [5, 5.41) is 10.7. The van der Waals surface area contributed by atoms with Crippen LogP contribution in [0.1, 0.15) is 30.1 Å². The first-order valence-corrected chi connectivity index (χ1v) is 11.2. The lowest BCUT2D eigenvalue weighted by Crippen LogP contribution is -2.54. The lowest BCUT2D eigenvalue weighted by atomic mass is 10.1. The van der Waals surface area contributed by atoms with E-state index in [4.69, 9.17) is 0 Å². The number of thioether (sulfide) groups is 1. The van der Waals surface area contributed by atoms with E-state index in [1.165, 1.54) is 16.8 Å². The van der Waals surface area contributed by atoms with Gasteiger partial charge in [-0.2, -0.15) is 0 Å². The highest BCUT2D eigenvalue weighted by Crippen LogP contribution is 2.24. The number of fused-ring (bicyclic) bond motifs is 2. The Kier molecular flexibility index (Phi) is 5.82. The second kappa shape index (κ2) is 8.51. The largest absolute Gasteiger partial charge is 0.298 e. The fraction of sp³-hybridized carbons (Fsp3) is 0.238. The molecule has 0 bridgehead atoms. The zero-order chi connectivity index (χ0) is 20.4. The number of amidine groups is 1. The zero-order valence-corrected chi connectivity index (χ0v) is 18.2. The predicted octanol–water partition coefficient (Wildman–Crippen LogP) is 2.64. The number of carbonyl (C=O) groups is 2. The number of rotatable bonds is 5. The molecule has 6 nitrogen and oxygen atoms in total. The lowest BCUT2D eigenvalue weighted by molar-refractivity contribution is -0.115. The number of halogens is 1. The summed E-state index contributed by atoms with van der Waals surface area (Å²) in [6, 6.07) is 14.4. The van der Waals surface area contributed by atoms with E-state index in [0.717, 1.165) is 23.1 Å². The molecule has 1 N–H and O–H groups in total. The number of carbonyl (C=O) groups excluding carboxylic acids is 2. The van der Waals surface area contributed by atoms with Gasteiger partial charge in [0.2, 0.25) is 11.9 Å². The second-order valence-electron chi connectivity index (χ2n) is 6.65. The van der Waals surface area contributed by atoms with Gasteiger partial charge in [-0.25, -0.2) is 10.0 Å². The number of hydrogen-bond donors (Lipinski definition) is 1. The van der Waals surface area contributed by atoms with Crippen LogP contribution in [0.5, 0.6) is 0 Å². The van der Waals surface area contributed by atoms with Crippen molar-refractivity contribution in [1.29, 1.82) is 0 Å². The normalized spacial score (nSPS) is 17.7. The van der Waals surface area contributed by atoms with Gasteiger partial charge in [0.05, 0.1) is 5.36 Å². The fourth-order valence-electron chi connectivity index (χ4n) is 3.14. The molecule has 1 amide bonds. The number of nitrogens with zero attached hydrogens (tertiary/aromatic N) is 3. The molecule has 2 aromatic rings. The molecular formula is C21H19BrN4O2S. The van der Waals surface area contributed by atoms with E-state index in [9.17, 15) is 9.59 Å². The van der Waals surface area contributed by atoms with E-state index in [-0.39, 0.29) is 11.7 Å². The summed E-state index contributed by atoms with van der Waals surface area (Å²) in [6.07, 6.45) is 1.15. The topological polar surface area (TPSA) is 74.1 Å². The van der Waals surface area contributed by atoms with Crippen molar-refractivity contribution in [2.45, 2.75) is 25.9 Å². The van der Waals surface area contributed by atoms with Crippen molar-refractivity contribution in [3.05, 3.63) is 69.1 Å². The predicted molar refractivity (Wildman–Crippen MR) is 118 cm³/mol. The number of Topliss-reactive ketones (excluding diaryl/α,β-unsaturated/α-hetero) is 1. The molecule has 0 saturated carbocycles. The number of ketones is 1. The molecule has 0 aromatic heterocycles. The molecule has 1 unspecified atom stereocenters. The Balaban J connectivity index is 1.80. The van der Waals surface area contributed by atoms with Gasteiger partial charge in [0.25, 0.3) is 5.91 Å². The molecule has 148 valence electrons. The van der Waals surface area contributed by atoms with Gasteiger partial charge in [0, 0.05) is 21.0 Å². The summed E-state index contributed by atoms with van der Waals surface area (Å²) in [5.74, 6) is 0.369. The highest BCUT2D eigenvalue weighted by Gasteiger charge is 2.37. The van der Waals surface area contributed by atoms with Crippen LogP contribution in [0.15, 0.2) is 63.1 Å². The first-order chi connectivity index (χ1) is 14.1. The Morgan fingerprint density at radius 3 is 2.72 bits per heavy atom. The first kappa shape index (κ1) is 19.8. The molecule has 29 heavy (non-hydrogen) atoms. The van der Waals surface area contributed by atoms with Crippen LogP contribution in [-0.4, -0.2) is 33.8 Å². The van der Waals surface area contributed by atoms with Crippen molar-refractivity contribution >= 4 is 50.2 Å². The monoisotopic (exact) mass is 470 g/mol. The molecule has 4 rings (SSSR count). The Hall–Kier alpha value is -2.45. The smallest absolute Gasteiger partial charge is 0.276 e. The minimum atomic E-state index is -0.922. The molecule has 8 heteroatoms. The lowest BCUT2D eigenvalue weighted by Gasteiger charge is -2.33. The van der Waals surface area contributed by atoms with Crippen LogP contribution in [0.3, 0.4) is 0 Å². The summed E-state index contributed by atoms with van der Waals surface area (Å²) in [7, 11) is 0. The fourth-order valence-corrected chi connectivity index (χ4v) is 4.34. The van der Waals surface area contributed by atoms with Gasteiger partial charge in [-0.05, 0) is 24.6 Å². The summed E-state index contributed by atoms with van der Waals surface area (Å²) in [6.45, 7) is 2.11. The van der Waals surface area contributed by atoms with Crippen molar-refractivity contribution in [3.63, 3.8) is 0 Å². The van der Waals surface area contributed by atoms with E-state index in [2.05, 4.69) is 38.3 Å². The van der Waals surface area contributed by atoms with Gasteiger partial charge in [0.15, 0.2) is 5.17 Å². The maximum Gasteiger partial charge on any atom is 0.276 e. The number of nitrogens with one attached hydrogen (secondary N) is 1. The third-order valence-corrected chi connectivity index (χ3v) is 6.09. The van der Waals surface area contributed by atoms with Crippen molar-refractivity contribution in [3.8, 4) is 0 Å². The maximum absolute atomic E-state index is 13.3. The Labute approximate surface area is 180 Å². The quantitative estimate of drug-likeness (QED) is 0.538. The average molecular weight is 471 g/mol. The third-order valence-electron chi connectivity index (χ3n) is 4.62. The minimum Gasteiger partial charge on any atom is -0.298 e. The number of unbranched alkanes of at least 4 members (excludes halogenated alkanes) is 1. The highest BCUT2D eigenvalue weighted by molar-refractivity contribution is 9.10. The van der Waals surface area contributed by atoms with E-state index >= 15 is 0 Å². The summed E-state index contributed by atoms with van der Waals surface area (Å²) in [5.41, 5.74) is 0.868. The van der Waals surface area contributed by atoms with E-state index in [1.54, 1.807) is 12.1 Å². The van der Waals surface area contributed by atoms with Crippen LogP contribution in [-0.2, 0) is 4.79 Å². The molecule has 0 spiro atoms. The molecule has 2 aromatic carbocycles. The zero-order valence-electron chi connectivity index (χ0n) is 15.8. The maximum atomic E-state index is 13.3. The van der Waals surface area contributed by atoms with Crippen molar-refractivity contribution < 1.29 is 9.59 Å². The average Bonchev–Trinajstić information content (AvgIpc) is 2.73. The van der Waals surface area contributed by atoms with Crippen molar-refractivity contribution in [2.75, 3.05) is 5.75 Å². The van der Waals surface area contributed by atoms with Crippen molar-refractivity contribution in [1.82, 2.24) is 10.3 Å². The number of hydrazone groups is 1. The van der Waals surface area contributed by atoms with E-state index in [0.29, 0.717) is 27.0 Å². The van der Waals surface area contributed by atoms with Crippen LogP contribution in [0.4, 0.5) is 0 Å². The molecule has 0 aliphatic carbocycles. The van der Waals surface area contributed by atoms with Crippen LogP contribution < -0.4 is 15.9 Å². The Bertz CT molecular complexity index is 1110. The van der Waals surface area contributed by atoms with Crippen LogP contribution in [0.25, 0.3) is 5.70 Å². The number of amides is 1. The van der Waals surface area contributed by atoms with Crippen molar-refractivity contribution in [2.24, 2.45) is 10.1 Å². The standard InChI is InChI=1S/C21H19BrN4O2S/c1-2-3-12-29-21-24-20(28)17-15-6-4-5-7-16(15)23-19(26(17)25-21)18(27)13-8-10-14(22)11-9-13/h4-11,19H,2-3,12H2,1H3,(H,24,25,28). The molecule has 0 radical (unpaired) electrons. The summed E-state index contributed by atoms with van der Waals surface area (Å²) in [4.78, 5) is 30.9.